The Balaban J connectivity index is 1.37. The van der Waals surface area contributed by atoms with Gasteiger partial charge >= 0.3 is 0 Å². The number of benzene rings is 4. The number of amides is 16. The van der Waals surface area contributed by atoms with Crippen molar-refractivity contribution in [3.05, 3.63) is 144 Å². The number of hydrogen-bond donors (Lipinski definition) is 3. The first-order valence-electron chi connectivity index (χ1n) is 48.1. The van der Waals surface area contributed by atoms with E-state index in [2.05, 4.69) is 5.32 Å². The van der Waals surface area contributed by atoms with E-state index in [1.807, 2.05) is 135 Å². The van der Waals surface area contributed by atoms with Gasteiger partial charge in [-0.05, 0) is 66.7 Å². The molecule has 16 amide bonds. The van der Waals surface area contributed by atoms with Crippen molar-refractivity contribution in [1.82, 2.24) is 69.0 Å². The van der Waals surface area contributed by atoms with Gasteiger partial charge in [0.1, 0.15) is 0 Å². The van der Waals surface area contributed by atoms with Crippen LogP contribution in [0.25, 0.3) is 0 Å². The van der Waals surface area contributed by atoms with Gasteiger partial charge < -0.3 is 118 Å². The number of methoxy groups -OCH3 is 8. The third-order valence-corrected chi connectivity index (χ3v) is 24.5. The van der Waals surface area contributed by atoms with Crippen LogP contribution in [0.3, 0.4) is 0 Å². The second-order valence-corrected chi connectivity index (χ2v) is 35.8. The maximum atomic E-state index is 15.3. The molecule has 0 saturated carbocycles. The average molecular weight is 2010 g/mol. The van der Waals surface area contributed by atoms with Crippen LogP contribution in [-0.2, 0) is 145 Å². The first-order valence-corrected chi connectivity index (χ1v) is 49.1. The Bertz CT molecular complexity index is 4480. The van der Waals surface area contributed by atoms with E-state index in [-0.39, 0.29) is 214 Å². The number of nitrogens with two attached hydrogens (primary N) is 1. The molecule has 788 valence electrons. The molecule has 4 aromatic rings. The van der Waals surface area contributed by atoms with E-state index < -0.39 is 173 Å². The maximum absolute atomic E-state index is 15.3. The second-order valence-electron chi connectivity index (χ2n) is 34.5. The molecule has 41 nitrogen and oxygen atoms in total. The summed E-state index contributed by atoms with van der Waals surface area (Å²) >= 11 is 1.18. The monoisotopic (exact) mass is 2010 g/mol. The van der Waals surface area contributed by atoms with Crippen LogP contribution in [-0.4, -0.2) is 474 Å². The molecule has 0 aliphatic carbocycles. The lowest BCUT2D eigenvalue weighted by molar-refractivity contribution is -0.150. The number of likely N-dealkylation sites (tertiary alicyclic amines) is 1. The summed E-state index contributed by atoms with van der Waals surface area (Å²) in [4.78, 5) is 245. The van der Waals surface area contributed by atoms with Crippen LogP contribution in [0.5, 0.6) is 0 Å². The third kappa shape index (κ3) is 47.6. The van der Waals surface area contributed by atoms with Crippen molar-refractivity contribution in [3.8, 4) is 0 Å². The molecule has 4 N–H and O–H groups in total. The van der Waals surface area contributed by atoms with Gasteiger partial charge in [0.2, 0.25) is 94.5 Å². The number of primary amides is 1. The number of unbranched alkanes of at least 4 members (excludes halogenated alkanes) is 2. The minimum Gasteiger partial charge on any atom is -0.390 e. The summed E-state index contributed by atoms with van der Waals surface area (Å²) in [6, 6.07) is 36.5. The first-order chi connectivity index (χ1) is 68.4. The van der Waals surface area contributed by atoms with Crippen LogP contribution in [0.2, 0.25) is 0 Å². The minimum atomic E-state index is -0.810. The van der Waals surface area contributed by atoms with Gasteiger partial charge in [-0.2, -0.15) is 0 Å². The molecule has 2 atom stereocenters. The fourth-order valence-corrected chi connectivity index (χ4v) is 15.9. The molecule has 1 aliphatic rings. The number of ether oxygens (including phenoxy) is 9. The zero-order valence-corrected chi connectivity index (χ0v) is 85.3. The van der Waals surface area contributed by atoms with E-state index in [9.17, 15) is 48.3 Å². The second kappa shape index (κ2) is 70.3. The number of aliphatic hydroxyl groups is 1. The highest BCUT2D eigenvalue weighted by molar-refractivity contribution is 8.00. The smallest absolute Gasteiger partial charge is 0.242 e. The molecule has 42 heteroatoms. The van der Waals surface area contributed by atoms with Crippen LogP contribution < -0.4 is 11.1 Å². The van der Waals surface area contributed by atoms with Crippen molar-refractivity contribution >= 4 is 106 Å². The molecule has 0 spiro atoms. The van der Waals surface area contributed by atoms with Crippen molar-refractivity contribution in [1.29, 1.82) is 0 Å². The molecule has 0 bridgehead atoms. The van der Waals surface area contributed by atoms with Gasteiger partial charge in [0, 0.05) is 180 Å². The van der Waals surface area contributed by atoms with Gasteiger partial charge in [0.25, 0.3) is 0 Å². The number of carbonyl (C=O) groups excluding carboxylic acids is 16. The number of carbonyl (C=O) groups is 16. The SMILES string of the molecule is COCCN(CC(N)=O)C(=O)CN(CCOC)C(=O)CN(CCOC)C(=O)CN(CCc1ccccc1)C(=O)CN(CCOC)C(=O)CN(CCc1ccccc1)C(=O)CN(CCOC)C(=O)CN(CCc1ccccc1)C(=O)CN(CCOC)C(=O)CN(CCc1ccccc1)C(=O)CN(CCOC)C(=O)CN(CCOC)C(=O)CCCCCNC(=O)CCN1C(=O)CC(SCC(O)COCC(C)C)C1=O. The molecule has 4 aromatic carbocycles. The summed E-state index contributed by atoms with van der Waals surface area (Å²) in [6.07, 6.45) is 1.37. The summed E-state index contributed by atoms with van der Waals surface area (Å²) < 4.78 is 48.5. The Kier molecular flexibility index (Phi) is 59.9. The van der Waals surface area contributed by atoms with E-state index in [4.69, 9.17) is 48.4 Å². The highest BCUT2D eigenvalue weighted by Crippen LogP contribution is 2.27. The zero-order valence-electron chi connectivity index (χ0n) is 84.5. The quantitative estimate of drug-likeness (QED) is 0.0400. The first kappa shape index (κ1) is 121. The highest BCUT2D eigenvalue weighted by Gasteiger charge is 2.40. The topological polar surface area (TPSA) is 457 Å². The lowest BCUT2D eigenvalue weighted by atomic mass is 10.1. The van der Waals surface area contributed by atoms with Crippen LogP contribution in [0.1, 0.15) is 74.6 Å². The van der Waals surface area contributed by atoms with Gasteiger partial charge in [-0.3, -0.25) is 81.6 Å². The molecule has 5 rings (SSSR count). The number of thioether (sulfide) groups is 1. The fourth-order valence-electron chi connectivity index (χ4n) is 14.8. The summed E-state index contributed by atoms with van der Waals surface area (Å²) in [5, 5.41) is 12.5. The standard InChI is InChI=1S/C100H151N15O26S/c1-78(2)75-141-76-83(116)77-142-84-62-88(120)115(100(84)132)45-39-86(118)102-40-25-15-24-34-87(119)108(47-55-134-4)68-98(130)112(51-59-138-8)72-92(124)105(43-37-81-30-20-13-21-31-81)66-96(128)110(49-57-136-6)70-90(122)103(41-35-79-26-16-11-17-27-79)64-94(126)109(48-56-135-5)69-89(121)104(42-36-80-28-18-12-19-29-80)65-95(127)111(50-58-137-7)71-91(123)106(44-38-82-32-22-14-23-33-82)67-97(129)114(53-61-140-10)74-99(131)113(52-60-139-9)73-93(125)107(46-54-133-3)63-85(101)117/h11-14,16-23,26-33,78,83-84,116H,15,24-25,34-77H2,1-10H3,(H2,101,117)(H,102,118). The summed E-state index contributed by atoms with van der Waals surface area (Å²) in [6.45, 7) is -3.54. The van der Waals surface area contributed by atoms with Crippen molar-refractivity contribution in [2.45, 2.75) is 89.4 Å². The number of imide groups is 1. The Labute approximate surface area is 839 Å². The summed E-state index contributed by atoms with van der Waals surface area (Å²) in [5.41, 5.74) is 8.66. The van der Waals surface area contributed by atoms with E-state index in [0.29, 0.717) is 31.8 Å². The molecule has 2 unspecified atom stereocenters. The summed E-state index contributed by atoms with van der Waals surface area (Å²) in [5.74, 6) is -9.35. The van der Waals surface area contributed by atoms with Crippen LogP contribution in [0.4, 0.5) is 0 Å². The lowest BCUT2D eigenvalue weighted by Crippen LogP contribution is -2.54. The Morgan fingerprint density at radius 1 is 0.352 bits per heavy atom. The van der Waals surface area contributed by atoms with Crippen LogP contribution in [0, 0.1) is 5.92 Å². The number of nitrogens with one attached hydrogen (secondary N) is 1. The molecular weight excluding hydrogens is 1860 g/mol. The van der Waals surface area contributed by atoms with Gasteiger partial charge in [0.15, 0.2) is 0 Å². The molecule has 1 heterocycles. The van der Waals surface area contributed by atoms with E-state index >= 15 is 33.6 Å². The summed E-state index contributed by atoms with van der Waals surface area (Å²) in [7, 11) is 11.3. The molecule has 1 saturated heterocycles. The number of rotatable bonds is 76. The predicted molar refractivity (Wildman–Crippen MR) is 529 cm³/mol. The third-order valence-electron chi connectivity index (χ3n) is 23.1. The van der Waals surface area contributed by atoms with Crippen molar-refractivity contribution in [3.63, 3.8) is 0 Å². The molecule has 0 radical (unpaired) electrons. The minimum absolute atomic E-state index is 0.00641. The maximum Gasteiger partial charge on any atom is 0.242 e. The molecule has 142 heavy (non-hydrogen) atoms. The van der Waals surface area contributed by atoms with Gasteiger partial charge in [0.05, 0.1) is 149 Å². The normalized spacial score (nSPS) is 12.5. The zero-order chi connectivity index (χ0) is 104. The van der Waals surface area contributed by atoms with Crippen molar-refractivity contribution < 1.29 is 124 Å². The van der Waals surface area contributed by atoms with E-state index in [0.717, 1.165) is 32.1 Å². The van der Waals surface area contributed by atoms with Gasteiger partial charge in [-0.1, -0.05) is 142 Å². The van der Waals surface area contributed by atoms with Crippen LogP contribution in [0.15, 0.2) is 121 Å². The largest absolute Gasteiger partial charge is 0.390 e. The van der Waals surface area contributed by atoms with E-state index in [1.54, 1.807) is 0 Å². The molecule has 1 fully saturated rings. The number of aliphatic hydroxyl groups excluding tert-OH is 1. The Morgan fingerprint density at radius 2 is 0.606 bits per heavy atom. The number of nitrogens with zero attached hydrogens (tertiary/aromatic N) is 13. The fraction of sp³-hybridized carbons (Fsp3) is 0.600. The average Bonchev–Trinajstić information content (AvgIpc) is 1.61. The highest BCUT2D eigenvalue weighted by atomic mass is 32.2. The van der Waals surface area contributed by atoms with Gasteiger partial charge in [-0.25, -0.2) is 0 Å². The molecular formula is C100H151N15O26S. The van der Waals surface area contributed by atoms with Crippen molar-refractivity contribution in [2.75, 3.05) is 299 Å². The Hall–Kier alpha value is -11.4. The lowest BCUT2D eigenvalue weighted by Gasteiger charge is -2.33. The van der Waals surface area contributed by atoms with Crippen LogP contribution >= 0.6 is 11.8 Å². The van der Waals surface area contributed by atoms with Gasteiger partial charge in [-0.15, -0.1) is 11.8 Å². The number of hydrogen-bond acceptors (Lipinski definition) is 27. The molecule has 0 aromatic heterocycles. The molecule has 1 aliphatic heterocycles. The Morgan fingerprint density at radius 3 is 0.859 bits per heavy atom. The van der Waals surface area contributed by atoms with E-state index in [1.165, 1.54) is 123 Å². The van der Waals surface area contributed by atoms with Crippen molar-refractivity contribution in [2.24, 2.45) is 11.7 Å². The predicted octanol–water partition coefficient (Wildman–Crippen LogP) is 0.518.